The Labute approximate surface area is 149 Å². The van der Waals surface area contributed by atoms with E-state index in [1.165, 1.54) is 0 Å². The third-order valence-electron chi connectivity index (χ3n) is 4.11. The Morgan fingerprint density at radius 3 is 2.58 bits per heavy atom. The number of halogens is 1. The molecule has 5 heteroatoms. The molecule has 2 atom stereocenters. The fourth-order valence-corrected chi connectivity index (χ4v) is 3.13. The number of rotatable bonds is 6. The summed E-state index contributed by atoms with van der Waals surface area (Å²) in [7, 11) is 0. The highest BCUT2D eigenvalue weighted by molar-refractivity contribution is 6.30. The number of hydrogen-bond donors (Lipinski definition) is 1. The van der Waals surface area contributed by atoms with Crippen LogP contribution in [0.15, 0.2) is 24.3 Å². The average molecular weight is 354 g/mol. The third-order valence-corrected chi connectivity index (χ3v) is 4.36. The van der Waals surface area contributed by atoms with Crippen LogP contribution in [0, 0.1) is 0 Å². The number of nitrogens with one attached hydrogen (secondary N) is 1. The highest BCUT2D eigenvalue weighted by atomic mass is 35.5. The molecule has 1 aromatic rings. The lowest BCUT2D eigenvalue weighted by molar-refractivity contribution is -0.163. The smallest absolute Gasteiger partial charge is 0.326 e. The first-order valence-corrected chi connectivity index (χ1v) is 8.96. The molecule has 0 bridgehead atoms. The molecule has 0 unspecified atom stereocenters. The molecule has 0 saturated carbocycles. The molecule has 4 nitrogen and oxygen atoms in total. The summed E-state index contributed by atoms with van der Waals surface area (Å²) in [4.78, 5) is 12.7. The van der Waals surface area contributed by atoms with Crippen molar-refractivity contribution in [3.05, 3.63) is 34.9 Å². The minimum atomic E-state index is -0.632. The van der Waals surface area contributed by atoms with Crippen molar-refractivity contribution in [2.24, 2.45) is 0 Å². The quantitative estimate of drug-likeness (QED) is 0.782. The van der Waals surface area contributed by atoms with Gasteiger partial charge in [-0.3, -0.25) is 10.1 Å². The van der Waals surface area contributed by atoms with Gasteiger partial charge in [-0.25, -0.2) is 0 Å². The SMILES string of the molecule is CCC[C@@]1(C(=O)OC(C)(C)C)C[C@@H](OCc2ccc(Cl)cc2)CN1. The Hall–Kier alpha value is -1.10. The van der Waals surface area contributed by atoms with Crippen LogP contribution in [-0.4, -0.2) is 29.8 Å². The van der Waals surface area contributed by atoms with E-state index < -0.39 is 11.1 Å². The molecule has 134 valence electrons. The fraction of sp³-hybridized carbons (Fsp3) is 0.632. The summed E-state index contributed by atoms with van der Waals surface area (Å²) in [6, 6.07) is 7.63. The molecule has 1 fully saturated rings. The van der Waals surface area contributed by atoms with Crippen LogP contribution in [0.25, 0.3) is 0 Å². The van der Waals surface area contributed by atoms with E-state index in [4.69, 9.17) is 21.1 Å². The van der Waals surface area contributed by atoms with Crippen molar-refractivity contribution in [2.75, 3.05) is 6.54 Å². The van der Waals surface area contributed by atoms with E-state index in [2.05, 4.69) is 12.2 Å². The Kier molecular flexibility index (Phi) is 6.29. The van der Waals surface area contributed by atoms with Crippen LogP contribution in [0.1, 0.15) is 52.5 Å². The van der Waals surface area contributed by atoms with Gasteiger partial charge in [0.2, 0.25) is 0 Å². The molecule has 1 heterocycles. The van der Waals surface area contributed by atoms with Gasteiger partial charge in [0.15, 0.2) is 0 Å². The second-order valence-electron chi connectivity index (χ2n) is 7.48. The number of ether oxygens (including phenoxy) is 2. The maximum atomic E-state index is 12.7. The van der Waals surface area contributed by atoms with E-state index in [9.17, 15) is 4.79 Å². The van der Waals surface area contributed by atoms with Crippen molar-refractivity contribution in [2.45, 2.75) is 70.8 Å². The molecule has 0 radical (unpaired) electrons. The first-order chi connectivity index (χ1) is 11.2. The van der Waals surface area contributed by atoms with Gasteiger partial charge in [-0.1, -0.05) is 37.1 Å². The summed E-state index contributed by atoms with van der Waals surface area (Å²) < 4.78 is 11.6. The Bertz CT molecular complexity index is 553. The Morgan fingerprint density at radius 2 is 2.00 bits per heavy atom. The lowest BCUT2D eigenvalue weighted by Crippen LogP contribution is -2.50. The molecule has 24 heavy (non-hydrogen) atoms. The molecule has 2 rings (SSSR count). The number of esters is 1. The van der Waals surface area contributed by atoms with E-state index in [0.717, 1.165) is 18.4 Å². The van der Waals surface area contributed by atoms with Crippen molar-refractivity contribution in [1.29, 1.82) is 0 Å². The zero-order valence-electron chi connectivity index (χ0n) is 15.0. The topological polar surface area (TPSA) is 47.6 Å². The molecule has 0 amide bonds. The highest BCUT2D eigenvalue weighted by Gasteiger charge is 2.47. The lowest BCUT2D eigenvalue weighted by atomic mass is 9.91. The zero-order chi connectivity index (χ0) is 17.8. The minimum absolute atomic E-state index is 0.000235. The van der Waals surface area contributed by atoms with Crippen molar-refractivity contribution < 1.29 is 14.3 Å². The summed E-state index contributed by atoms with van der Waals surface area (Å²) >= 11 is 5.90. The van der Waals surface area contributed by atoms with E-state index >= 15 is 0 Å². The van der Waals surface area contributed by atoms with Crippen molar-refractivity contribution in [3.63, 3.8) is 0 Å². The van der Waals surface area contributed by atoms with Crippen LogP contribution < -0.4 is 5.32 Å². The first-order valence-electron chi connectivity index (χ1n) is 8.58. The van der Waals surface area contributed by atoms with Crippen LogP contribution in [0.5, 0.6) is 0 Å². The largest absolute Gasteiger partial charge is 0.459 e. The Balaban J connectivity index is 1.96. The van der Waals surface area contributed by atoms with Crippen LogP contribution in [0.2, 0.25) is 5.02 Å². The van der Waals surface area contributed by atoms with Gasteiger partial charge in [-0.05, 0) is 44.9 Å². The fourth-order valence-electron chi connectivity index (χ4n) is 3.01. The highest BCUT2D eigenvalue weighted by Crippen LogP contribution is 2.30. The van der Waals surface area contributed by atoms with Crippen LogP contribution >= 0.6 is 11.6 Å². The van der Waals surface area contributed by atoms with E-state index in [0.29, 0.717) is 24.6 Å². The summed E-state index contributed by atoms with van der Waals surface area (Å²) in [5.41, 5.74) is -0.0429. The van der Waals surface area contributed by atoms with Crippen molar-refractivity contribution in [1.82, 2.24) is 5.32 Å². The third kappa shape index (κ3) is 5.20. The van der Waals surface area contributed by atoms with Crippen molar-refractivity contribution >= 4 is 17.6 Å². The summed E-state index contributed by atoms with van der Waals surface area (Å²) in [6.45, 7) is 8.94. The van der Waals surface area contributed by atoms with Gasteiger partial charge in [0, 0.05) is 18.0 Å². The van der Waals surface area contributed by atoms with Crippen LogP contribution in [-0.2, 0) is 20.9 Å². The van der Waals surface area contributed by atoms with Gasteiger partial charge in [-0.15, -0.1) is 0 Å². The normalized spacial score (nSPS) is 24.1. The van der Waals surface area contributed by atoms with Gasteiger partial charge >= 0.3 is 5.97 Å². The number of hydrogen-bond acceptors (Lipinski definition) is 4. The molecular formula is C19H28ClNO3. The summed E-state index contributed by atoms with van der Waals surface area (Å²) in [5.74, 6) is -0.172. The van der Waals surface area contributed by atoms with Gasteiger partial charge in [0.25, 0.3) is 0 Å². The predicted octanol–water partition coefficient (Wildman–Crippen LogP) is 4.10. The first kappa shape index (κ1) is 19.2. The molecule has 1 aliphatic rings. The van der Waals surface area contributed by atoms with E-state index in [-0.39, 0.29) is 12.1 Å². The molecule has 1 aliphatic heterocycles. The predicted molar refractivity (Wildman–Crippen MR) is 96.1 cm³/mol. The van der Waals surface area contributed by atoms with E-state index in [1.807, 2.05) is 45.0 Å². The van der Waals surface area contributed by atoms with Crippen LogP contribution in [0.4, 0.5) is 0 Å². The molecule has 1 saturated heterocycles. The summed E-state index contributed by atoms with van der Waals surface area (Å²) in [6.07, 6.45) is 2.31. The second-order valence-corrected chi connectivity index (χ2v) is 7.91. The molecule has 0 aliphatic carbocycles. The number of carbonyl (C=O) groups is 1. The van der Waals surface area contributed by atoms with Crippen LogP contribution in [0.3, 0.4) is 0 Å². The summed E-state index contributed by atoms with van der Waals surface area (Å²) in [5, 5.41) is 4.08. The second kappa shape index (κ2) is 7.85. The maximum Gasteiger partial charge on any atom is 0.326 e. The number of benzene rings is 1. The lowest BCUT2D eigenvalue weighted by Gasteiger charge is -2.31. The molecule has 1 aromatic carbocycles. The molecule has 1 N–H and O–H groups in total. The number of carbonyl (C=O) groups excluding carboxylic acids is 1. The minimum Gasteiger partial charge on any atom is -0.459 e. The average Bonchev–Trinajstić information content (AvgIpc) is 2.90. The van der Waals surface area contributed by atoms with Gasteiger partial charge in [0.05, 0.1) is 12.7 Å². The molecule has 0 aromatic heterocycles. The standard InChI is InChI=1S/C19H28ClNO3/c1-5-10-19(17(22)24-18(2,3)4)11-16(12-21-19)23-13-14-6-8-15(20)9-7-14/h6-9,16,21H,5,10-13H2,1-4H3/t16-,19+/m1/s1. The molecule has 0 spiro atoms. The molecular weight excluding hydrogens is 326 g/mol. The van der Waals surface area contributed by atoms with E-state index in [1.54, 1.807) is 0 Å². The maximum absolute atomic E-state index is 12.7. The van der Waals surface area contributed by atoms with Gasteiger partial charge in [0.1, 0.15) is 11.1 Å². The Morgan fingerprint density at radius 1 is 1.33 bits per heavy atom. The zero-order valence-corrected chi connectivity index (χ0v) is 15.8. The monoisotopic (exact) mass is 353 g/mol. The van der Waals surface area contributed by atoms with Gasteiger partial charge in [-0.2, -0.15) is 0 Å². The van der Waals surface area contributed by atoms with Gasteiger partial charge < -0.3 is 9.47 Å². The van der Waals surface area contributed by atoms with Crippen molar-refractivity contribution in [3.8, 4) is 0 Å².